The molecule has 1 aliphatic rings. The summed E-state index contributed by atoms with van der Waals surface area (Å²) in [5.41, 5.74) is 6.27. The number of fused-ring (bicyclic) bond motifs is 3. The first kappa shape index (κ1) is 14.8. The van der Waals surface area contributed by atoms with Gasteiger partial charge < -0.3 is 10.2 Å². The van der Waals surface area contributed by atoms with Crippen molar-refractivity contribution in [2.75, 3.05) is 0 Å². The molecule has 2 aromatic carbocycles. The van der Waals surface area contributed by atoms with Crippen LogP contribution in [0.4, 0.5) is 0 Å². The van der Waals surface area contributed by atoms with E-state index in [-0.39, 0.29) is 0 Å². The minimum atomic E-state index is -0.969. The number of aliphatic carboxylic acids is 2. The molecule has 0 saturated carbocycles. The first-order valence-corrected chi connectivity index (χ1v) is 7.11. The van der Waals surface area contributed by atoms with Gasteiger partial charge in [0.15, 0.2) is 0 Å². The molecule has 1 aliphatic carbocycles. The zero-order valence-corrected chi connectivity index (χ0v) is 12.2. The highest BCUT2D eigenvalue weighted by atomic mass is 16.4. The van der Waals surface area contributed by atoms with Gasteiger partial charge in [0.05, 0.1) is 0 Å². The molecule has 0 atom stereocenters. The summed E-state index contributed by atoms with van der Waals surface area (Å²) in [6.45, 7) is 0. The third kappa shape index (κ3) is 3.21. The normalized spacial score (nSPS) is 12.5. The van der Waals surface area contributed by atoms with Crippen molar-refractivity contribution in [2.45, 2.75) is 6.42 Å². The van der Waals surface area contributed by atoms with Crippen molar-refractivity contribution < 1.29 is 19.8 Å². The lowest BCUT2D eigenvalue weighted by molar-refractivity contribution is -0.132. The molecule has 3 rings (SSSR count). The second kappa shape index (κ2) is 5.93. The van der Waals surface area contributed by atoms with Gasteiger partial charge in [0.1, 0.15) is 0 Å². The van der Waals surface area contributed by atoms with Crippen LogP contribution in [-0.2, 0) is 16.0 Å². The van der Waals surface area contributed by atoms with Gasteiger partial charge in [-0.3, -0.25) is 0 Å². The molecule has 0 fully saturated rings. The second-order valence-electron chi connectivity index (χ2n) is 5.35. The van der Waals surface area contributed by atoms with E-state index in [0.717, 1.165) is 52.0 Å². The average Bonchev–Trinajstić information content (AvgIpc) is 2.87. The average molecular weight is 306 g/mol. The quantitative estimate of drug-likeness (QED) is 0.724. The van der Waals surface area contributed by atoms with Gasteiger partial charge in [0.2, 0.25) is 0 Å². The Balaban J connectivity index is 1.91. The molecule has 114 valence electrons. The van der Waals surface area contributed by atoms with Gasteiger partial charge in [-0.15, -0.1) is 0 Å². The molecule has 0 aromatic heterocycles. The van der Waals surface area contributed by atoms with Gasteiger partial charge in [-0.05, 0) is 52.0 Å². The lowest BCUT2D eigenvalue weighted by atomic mass is 10.0. The van der Waals surface area contributed by atoms with Crippen molar-refractivity contribution in [3.05, 3.63) is 70.8 Å². The van der Waals surface area contributed by atoms with E-state index in [1.807, 2.05) is 36.4 Å². The summed E-state index contributed by atoms with van der Waals surface area (Å²) in [6, 6.07) is 11.8. The van der Waals surface area contributed by atoms with Crippen LogP contribution in [0.15, 0.2) is 48.6 Å². The van der Waals surface area contributed by atoms with Crippen LogP contribution in [0.25, 0.3) is 23.3 Å². The fourth-order valence-corrected chi connectivity index (χ4v) is 2.79. The van der Waals surface area contributed by atoms with Gasteiger partial charge >= 0.3 is 11.9 Å². The highest BCUT2D eigenvalue weighted by molar-refractivity contribution is 5.87. The monoisotopic (exact) mass is 306 g/mol. The van der Waals surface area contributed by atoms with Crippen LogP contribution < -0.4 is 0 Å². The zero-order chi connectivity index (χ0) is 16.4. The van der Waals surface area contributed by atoms with Crippen molar-refractivity contribution in [2.24, 2.45) is 0 Å². The Kier molecular flexibility index (Phi) is 3.81. The van der Waals surface area contributed by atoms with E-state index >= 15 is 0 Å². The Morgan fingerprint density at radius 2 is 1.22 bits per heavy atom. The number of hydrogen-bond acceptors (Lipinski definition) is 2. The topological polar surface area (TPSA) is 74.6 Å². The third-order valence-corrected chi connectivity index (χ3v) is 3.77. The van der Waals surface area contributed by atoms with Crippen molar-refractivity contribution in [1.82, 2.24) is 0 Å². The van der Waals surface area contributed by atoms with E-state index in [1.165, 1.54) is 0 Å². The molecule has 0 amide bonds. The Morgan fingerprint density at radius 3 is 1.61 bits per heavy atom. The van der Waals surface area contributed by atoms with Crippen molar-refractivity contribution in [3.8, 4) is 11.1 Å². The van der Waals surface area contributed by atoms with Crippen LogP contribution in [0.3, 0.4) is 0 Å². The highest BCUT2D eigenvalue weighted by Gasteiger charge is 2.18. The molecule has 0 radical (unpaired) electrons. The van der Waals surface area contributed by atoms with E-state index in [0.29, 0.717) is 0 Å². The predicted molar refractivity (Wildman–Crippen MR) is 88.0 cm³/mol. The zero-order valence-electron chi connectivity index (χ0n) is 12.2. The Labute approximate surface area is 133 Å². The van der Waals surface area contributed by atoms with Gasteiger partial charge in [-0.1, -0.05) is 36.4 Å². The van der Waals surface area contributed by atoms with Crippen LogP contribution in [0.2, 0.25) is 0 Å². The molecular weight excluding hydrogens is 292 g/mol. The van der Waals surface area contributed by atoms with E-state index in [1.54, 1.807) is 12.2 Å². The number of carboxylic acid groups (broad SMARTS) is 2. The van der Waals surface area contributed by atoms with Gasteiger partial charge in [-0.2, -0.15) is 0 Å². The van der Waals surface area contributed by atoms with Crippen LogP contribution in [0.1, 0.15) is 22.3 Å². The molecule has 0 bridgehead atoms. The summed E-state index contributed by atoms with van der Waals surface area (Å²) in [7, 11) is 0. The Bertz CT molecular complexity index is 788. The number of carbonyl (C=O) groups is 2. The first-order valence-electron chi connectivity index (χ1n) is 7.11. The maximum Gasteiger partial charge on any atom is 0.328 e. The smallest absolute Gasteiger partial charge is 0.328 e. The molecule has 0 spiro atoms. The summed E-state index contributed by atoms with van der Waals surface area (Å²) in [5.74, 6) is -1.94. The fraction of sp³-hybridized carbons (Fsp3) is 0.0526. The summed E-state index contributed by atoms with van der Waals surface area (Å²) >= 11 is 0. The van der Waals surface area contributed by atoms with E-state index < -0.39 is 11.9 Å². The largest absolute Gasteiger partial charge is 0.478 e. The standard InChI is InChI=1S/C19H14O4/c20-18(21)7-3-12-1-5-16-14(9-12)11-15-10-13(2-6-17(15)16)4-8-19(22)23/h1-10H,11H2,(H,20,21)(H,22,23)/b7-3+,8-4+. The lowest BCUT2D eigenvalue weighted by Crippen LogP contribution is -1.87. The van der Waals surface area contributed by atoms with E-state index in [9.17, 15) is 9.59 Å². The third-order valence-electron chi connectivity index (χ3n) is 3.77. The molecule has 0 unspecified atom stereocenters. The fourth-order valence-electron chi connectivity index (χ4n) is 2.79. The van der Waals surface area contributed by atoms with Crippen LogP contribution in [-0.4, -0.2) is 22.2 Å². The van der Waals surface area contributed by atoms with Crippen LogP contribution in [0.5, 0.6) is 0 Å². The number of benzene rings is 2. The van der Waals surface area contributed by atoms with Crippen molar-refractivity contribution >= 4 is 24.1 Å². The molecule has 4 heteroatoms. The molecule has 2 aromatic rings. The summed E-state index contributed by atoms with van der Waals surface area (Å²) in [4.78, 5) is 21.2. The van der Waals surface area contributed by atoms with Crippen molar-refractivity contribution in [1.29, 1.82) is 0 Å². The molecule has 0 saturated heterocycles. The predicted octanol–water partition coefficient (Wildman–Crippen LogP) is 3.45. The Hall–Kier alpha value is -3.14. The van der Waals surface area contributed by atoms with Gasteiger partial charge in [-0.25, -0.2) is 9.59 Å². The number of rotatable bonds is 4. The lowest BCUT2D eigenvalue weighted by Gasteiger charge is -2.02. The Morgan fingerprint density at radius 1 is 0.783 bits per heavy atom. The SMILES string of the molecule is O=C(O)/C=C/c1ccc2c(c1)Cc1cc(/C=C/C(=O)O)ccc1-2. The van der Waals surface area contributed by atoms with Crippen LogP contribution >= 0.6 is 0 Å². The summed E-state index contributed by atoms with van der Waals surface area (Å²) in [5, 5.41) is 17.4. The molecule has 23 heavy (non-hydrogen) atoms. The van der Waals surface area contributed by atoms with Gasteiger partial charge in [0.25, 0.3) is 0 Å². The molecule has 4 nitrogen and oxygen atoms in total. The van der Waals surface area contributed by atoms with Gasteiger partial charge in [0, 0.05) is 12.2 Å². The second-order valence-corrected chi connectivity index (χ2v) is 5.35. The first-order chi connectivity index (χ1) is 11.0. The van der Waals surface area contributed by atoms with Crippen LogP contribution in [0, 0.1) is 0 Å². The molecule has 0 aliphatic heterocycles. The summed E-state index contributed by atoms with van der Waals surface area (Å²) in [6.07, 6.45) is 6.16. The minimum Gasteiger partial charge on any atom is -0.478 e. The van der Waals surface area contributed by atoms with E-state index in [2.05, 4.69) is 0 Å². The summed E-state index contributed by atoms with van der Waals surface area (Å²) < 4.78 is 0. The molecule has 0 heterocycles. The maximum atomic E-state index is 10.6. The number of hydrogen-bond donors (Lipinski definition) is 2. The minimum absolute atomic E-state index is 0.758. The highest BCUT2D eigenvalue weighted by Crippen LogP contribution is 2.37. The maximum absolute atomic E-state index is 10.6. The number of carboxylic acids is 2. The van der Waals surface area contributed by atoms with Crippen molar-refractivity contribution in [3.63, 3.8) is 0 Å². The van der Waals surface area contributed by atoms with E-state index in [4.69, 9.17) is 10.2 Å². The molecular formula is C19H14O4. The molecule has 2 N–H and O–H groups in total.